The van der Waals surface area contributed by atoms with Gasteiger partial charge in [0.2, 0.25) is 0 Å². The first-order valence-electron chi connectivity index (χ1n) is 8.60. The fraction of sp³-hybridized carbons (Fsp3) is 0.579. The first-order valence-corrected chi connectivity index (χ1v) is 8.60. The predicted molar refractivity (Wildman–Crippen MR) is 94.7 cm³/mol. The van der Waals surface area contributed by atoms with Gasteiger partial charge in [0.05, 0.1) is 0 Å². The van der Waals surface area contributed by atoms with Crippen molar-refractivity contribution in [3.05, 3.63) is 40.3 Å². The highest BCUT2D eigenvalue weighted by Crippen LogP contribution is 2.39. The first-order chi connectivity index (χ1) is 11.0. The molecule has 1 aromatic carbocycles. The van der Waals surface area contributed by atoms with Crippen molar-refractivity contribution >= 4 is 11.0 Å². The van der Waals surface area contributed by atoms with E-state index in [0.717, 1.165) is 22.1 Å². The minimum Gasteiger partial charge on any atom is -0.633 e. The standard InChI is InChI=1S/C19H28N2O3/c1-11(2)20-10-15(22)17-8-12-7-13-14(9-16(12)24-17)19(5,6)21(23)18(13,3)4/h7-9,11,15,20-22H,10H2,1-6H3. The Bertz CT molecular complexity index is 708. The van der Waals surface area contributed by atoms with Gasteiger partial charge in [0.15, 0.2) is 0 Å². The quantitative estimate of drug-likeness (QED) is 0.752. The molecule has 0 bridgehead atoms. The third kappa shape index (κ3) is 2.56. The molecule has 5 nitrogen and oxygen atoms in total. The van der Waals surface area contributed by atoms with Gasteiger partial charge in [-0.3, -0.25) is 0 Å². The van der Waals surface area contributed by atoms with Crippen molar-refractivity contribution in [3.63, 3.8) is 0 Å². The molecule has 3 N–H and O–H groups in total. The third-order valence-corrected chi connectivity index (χ3v) is 5.21. The fourth-order valence-electron chi connectivity index (χ4n) is 3.78. The maximum atomic E-state index is 12.8. The second kappa shape index (κ2) is 5.56. The van der Waals surface area contributed by atoms with Crippen LogP contribution in [0.15, 0.2) is 22.6 Å². The Labute approximate surface area is 143 Å². The molecular weight excluding hydrogens is 304 g/mol. The Hall–Kier alpha value is -1.40. The predicted octanol–water partition coefficient (Wildman–Crippen LogP) is 2.33. The van der Waals surface area contributed by atoms with E-state index in [9.17, 15) is 10.3 Å². The van der Waals surface area contributed by atoms with Crippen LogP contribution in [-0.4, -0.2) is 17.7 Å². The maximum absolute atomic E-state index is 12.8. The van der Waals surface area contributed by atoms with Crippen LogP contribution in [0, 0.1) is 5.21 Å². The van der Waals surface area contributed by atoms with E-state index in [1.807, 2.05) is 59.7 Å². The van der Waals surface area contributed by atoms with E-state index in [-0.39, 0.29) is 5.06 Å². The molecule has 0 spiro atoms. The van der Waals surface area contributed by atoms with Crippen LogP contribution in [0.3, 0.4) is 0 Å². The number of rotatable bonds is 4. The Morgan fingerprint density at radius 2 is 1.71 bits per heavy atom. The molecule has 0 radical (unpaired) electrons. The molecule has 1 aliphatic rings. The second-order valence-corrected chi connectivity index (χ2v) is 8.24. The molecule has 0 saturated heterocycles. The van der Waals surface area contributed by atoms with Gasteiger partial charge in [0.1, 0.15) is 28.5 Å². The molecule has 3 rings (SSSR count). The average Bonchev–Trinajstić information content (AvgIpc) is 2.97. The van der Waals surface area contributed by atoms with Crippen molar-refractivity contribution in [3.8, 4) is 0 Å². The van der Waals surface area contributed by atoms with Gasteiger partial charge in [0, 0.05) is 29.1 Å². The zero-order valence-corrected chi connectivity index (χ0v) is 15.4. The number of fused-ring (bicyclic) bond motifs is 2. The number of aliphatic hydroxyl groups excluding tert-OH is 1. The molecule has 0 fully saturated rings. The maximum Gasteiger partial charge on any atom is 0.135 e. The largest absolute Gasteiger partial charge is 0.633 e. The lowest BCUT2D eigenvalue weighted by Crippen LogP contribution is -3.17. The molecule has 1 aliphatic heterocycles. The van der Waals surface area contributed by atoms with E-state index < -0.39 is 17.2 Å². The highest BCUT2D eigenvalue weighted by molar-refractivity contribution is 5.81. The summed E-state index contributed by atoms with van der Waals surface area (Å²) in [6.07, 6.45) is -0.683. The summed E-state index contributed by atoms with van der Waals surface area (Å²) in [4.78, 5) is 0. The van der Waals surface area contributed by atoms with Crippen molar-refractivity contribution < 1.29 is 14.6 Å². The summed E-state index contributed by atoms with van der Waals surface area (Å²) in [6.45, 7) is 12.4. The van der Waals surface area contributed by atoms with Crippen molar-refractivity contribution in [1.29, 1.82) is 0 Å². The van der Waals surface area contributed by atoms with Crippen molar-refractivity contribution in [2.24, 2.45) is 0 Å². The number of furan rings is 1. The summed E-state index contributed by atoms with van der Waals surface area (Å²) in [7, 11) is 0. The summed E-state index contributed by atoms with van der Waals surface area (Å²) >= 11 is 0. The zero-order chi connectivity index (χ0) is 17.9. The Kier molecular flexibility index (Phi) is 4.04. The minimum atomic E-state index is -0.683. The molecule has 0 saturated carbocycles. The molecule has 2 aromatic rings. The Balaban J connectivity index is 2.02. The topological polar surface area (TPSA) is 72.9 Å². The van der Waals surface area contributed by atoms with Gasteiger partial charge >= 0.3 is 0 Å². The molecule has 2 atom stereocenters. The number of quaternary nitrogens is 1. The van der Waals surface area contributed by atoms with Crippen LogP contribution in [-0.2, 0) is 11.1 Å². The Morgan fingerprint density at radius 3 is 2.29 bits per heavy atom. The zero-order valence-electron chi connectivity index (χ0n) is 15.4. The summed E-state index contributed by atoms with van der Waals surface area (Å²) in [6, 6.07) is 6.21. The highest BCUT2D eigenvalue weighted by Gasteiger charge is 2.49. The molecule has 132 valence electrons. The number of nitrogens with one attached hydrogen (secondary N) is 2. The van der Waals surface area contributed by atoms with E-state index in [1.54, 1.807) is 0 Å². The van der Waals surface area contributed by atoms with Gasteiger partial charge in [-0.05, 0) is 45.9 Å². The number of aliphatic hydroxyl groups is 1. The monoisotopic (exact) mass is 332 g/mol. The van der Waals surface area contributed by atoms with Crippen LogP contribution in [0.4, 0.5) is 0 Å². The van der Waals surface area contributed by atoms with Crippen molar-refractivity contribution in [1.82, 2.24) is 5.32 Å². The minimum absolute atomic E-state index is 0.235. The van der Waals surface area contributed by atoms with Gasteiger partial charge in [-0.25, -0.2) is 0 Å². The average molecular weight is 332 g/mol. The van der Waals surface area contributed by atoms with Crippen molar-refractivity contribution in [2.75, 3.05) is 6.54 Å². The Morgan fingerprint density at radius 1 is 1.12 bits per heavy atom. The molecule has 2 heterocycles. The van der Waals surface area contributed by atoms with Crippen LogP contribution >= 0.6 is 0 Å². The summed E-state index contributed by atoms with van der Waals surface area (Å²) < 4.78 is 5.88. The number of hydroxylamine groups is 2. The molecule has 0 amide bonds. The lowest BCUT2D eigenvalue weighted by atomic mass is 9.89. The molecule has 24 heavy (non-hydrogen) atoms. The normalized spacial score (nSPS) is 23.0. The van der Waals surface area contributed by atoms with E-state index in [1.165, 1.54) is 0 Å². The van der Waals surface area contributed by atoms with E-state index >= 15 is 0 Å². The molecule has 1 aromatic heterocycles. The number of benzene rings is 1. The highest BCUT2D eigenvalue weighted by atomic mass is 16.5. The van der Waals surface area contributed by atoms with Gasteiger partial charge in [-0.2, -0.15) is 0 Å². The summed E-state index contributed by atoms with van der Waals surface area (Å²) in [5.74, 6) is 0.559. The third-order valence-electron chi connectivity index (χ3n) is 5.21. The van der Waals surface area contributed by atoms with Gasteiger partial charge in [0.25, 0.3) is 0 Å². The smallest absolute Gasteiger partial charge is 0.135 e. The fourth-order valence-corrected chi connectivity index (χ4v) is 3.78. The SMILES string of the molecule is CC(C)NCC(O)c1cc2cc3c(cc2o1)C(C)(C)[NH+]([O-])C3(C)C. The molecule has 2 unspecified atom stereocenters. The van der Waals surface area contributed by atoms with Crippen LogP contribution in [0.25, 0.3) is 11.0 Å². The molecule has 0 aliphatic carbocycles. The second-order valence-electron chi connectivity index (χ2n) is 8.24. The van der Waals surface area contributed by atoms with Gasteiger partial charge < -0.3 is 25.1 Å². The lowest BCUT2D eigenvalue weighted by molar-refractivity contribution is -0.955. The van der Waals surface area contributed by atoms with Gasteiger partial charge in [-0.1, -0.05) is 13.8 Å². The van der Waals surface area contributed by atoms with E-state index in [4.69, 9.17) is 4.42 Å². The van der Waals surface area contributed by atoms with Crippen LogP contribution in [0.1, 0.15) is 64.5 Å². The van der Waals surface area contributed by atoms with Gasteiger partial charge in [-0.15, -0.1) is 0 Å². The molecule has 5 heteroatoms. The molecular formula is C19H28N2O3. The first kappa shape index (κ1) is 17.4. The van der Waals surface area contributed by atoms with Crippen LogP contribution < -0.4 is 10.4 Å². The summed E-state index contributed by atoms with van der Waals surface area (Å²) in [5.41, 5.74) is 1.80. The lowest BCUT2D eigenvalue weighted by Gasteiger charge is -2.40. The van der Waals surface area contributed by atoms with Crippen molar-refractivity contribution in [2.45, 2.75) is 64.8 Å². The van der Waals surface area contributed by atoms with Crippen LogP contribution in [0.5, 0.6) is 0 Å². The van der Waals surface area contributed by atoms with Crippen LogP contribution in [0.2, 0.25) is 0 Å². The number of hydrogen-bond donors (Lipinski definition) is 3. The number of hydrogen-bond acceptors (Lipinski definition) is 4. The van der Waals surface area contributed by atoms with E-state index in [2.05, 4.69) is 5.32 Å². The summed E-state index contributed by atoms with van der Waals surface area (Å²) in [5, 5.41) is 27.5. The van der Waals surface area contributed by atoms with E-state index in [0.29, 0.717) is 18.3 Å².